The van der Waals surface area contributed by atoms with Gasteiger partial charge in [0.05, 0.1) is 38.4 Å². The Morgan fingerprint density at radius 2 is 2.00 bits per heavy atom. The molecule has 38 heavy (non-hydrogen) atoms. The number of esters is 1. The number of fused-ring (bicyclic) bond motifs is 3. The molecular formula is C27H26ClFN4O5. The Bertz CT molecular complexity index is 1470. The van der Waals surface area contributed by atoms with E-state index < -0.39 is 24.0 Å². The van der Waals surface area contributed by atoms with Gasteiger partial charge in [-0.25, -0.2) is 13.9 Å². The maximum absolute atomic E-state index is 15.5. The van der Waals surface area contributed by atoms with E-state index in [0.717, 1.165) is 5.69 Å². The zero-order chi connectivity index (χ0) is 26.8. The predicted octanol–water partition coefficient (Wildman–Crippen LogP) is 5.31. The Morgan fingerprint density at radius 1 is 1.16 bits per heavy atom. The number of hydrogen-bond acceptors (Lipinski definition) is 7. The quantitative estimate of drug-likeness (QED) is 0.280. The molecule has 0 amide bonds. The Balaban J connectivity index is 1.60. The Kier molecular flexibility index (Phi) is 7.35. The van der Waals surface area contributed by atoms with Crippen LogP contribution in [0.15, 0.2) is 54.9 Å². The highest BCUT2D eigenvalue weighted by atomic mass is 35.5. The fraction of sp³-hybridized carbons (Fsp3) is 0.296. The standard InChI is InChI=1S/C27H26ClFN4O5/c1-4-37-27(34)21-15-30-31-33(21)12-10-22-20-8-6-11-32(20)24-18(13-16(28)14-19(24)29)25(38-22)17-7-5-9-23(35-2)26(17)36-3/h5-9,11,13-15,22,25H,4,10,12H2,1-3H3/t22-,25-/m1/s1. The molecule has 0 fully saturated rings. The highest BCUT2D eigenvalue weighted by Gasteiger charge is 2.34. The number of nitrogens with zero attached hydrogens (tertiary/aromatic N) is 4. The molecule has 4 aromatic rings. The second-order valence-corrected chi connectivity index (χ2v) is 9.00. The van der Waals surface area contributed by atoms with Crippen molar-refractivity contribution in [1.29, 1.82) is 0 Å². The van der Waals surface area contributed by atoms with Gasteiger partial charge in [-0.05, 0) is 43.7 Å². The number of carbonyl (C=O) groups is 1. The molecule has 9 nitrogen and oxygen atoms in total. The summed E-state index contributed by atoms with van der Waals surface area (Å²) in [4.78, 5) is 12.3. The lowest BCUT2D eigenvalue weighted by Crippen LogP contribution is -2.17. The van der Waals surface area contributed by atoms with Crippen molar-refractivity contribution in [2.24, 2.45) is 0 Å². The van der Waals surface area contributed by atoms with E-state index in [9.17, 15) is 4.79 Å². The summed E-state index contributed by atoms with van der Waals surface area (Å²) in [6.45, 7) is 2.26. The molecule has 0 spiro atoms. The molecule has 0 N–H and O–H groups in total. The normalized spacial score (nSPS) is 16.3. The first-order valence-electron chi connectivity index (χ1n) is 12.0. The molecule has 1 aliphatic heterocycles. The SMILES string of the molecule is CCOC(=O)c1cnnn1CC[C@H]1O[C@H](c2cccc(OC)c2OC)c2cc(Cl)cc(F)c2-n2cccc21. The van der Waals surface area contributed by atoms with Crippen LogP contribution in [0.25, 0.3) is 5.69 Å². The van der Waals surface area contributed by atoms with Crippen molar-refractivity contribution >= 4 is 17.6 Å². The Morgan fingerprint density at radius 3 is 2.76 bits per heavy atom. The van der Waals surface area contributed by atoms with Crippen molar-refractivity contribution in [2.45, 2.75) is 32.1 Å². The maximum atomic E-state index is 15.5. The van der Waals surface area contributed by atoms with Crippen LogP contribution in [0.3, 0.4) is 0 Å². The second-order valence-electron chi connectivity index (χ2n) is 8.57. The molecule has 0 aliphatic carbocycles. The topological polar surface area (TPSA) is 89.6 Å². The molecule has 198 valence electrons. The monoisotopic (exact) mass is 540 g/mol. The van der Waals surface area contributed by atoms with Crippen molar-refractivity contribution < 1.29 is 28.1 Å². The van der Waals surface area contributed by atoms with Gasteiger partial charge >= 0.3 is 5.97 Å². The number of para-hydroxylation sites is 1. The Hall–Kier alpha value is -3.89. The lowest BCUT2D eigenvalue weighted by Gasteiger charge is -2.25. The molecule has 2 aromatic heterocycles. The van der Waals surface area contributed by atoms with Gasteiger partial charge < -0.3 is 23.5 Å². The molecule has 0 saturated carbocycles. The molecule has 2 aromatic carbocycles. The first-order valence-corrected chi connectivity index (χ1v) is 12.4. The first kappa shape index (κ1) is 25.7. The minimum Gasteiger partial charge on any atom is -0.493 e. The highest BCUT2D eigenvalue weighted by molar-refractivity contribution is 6.30. The van der Waals surface area contributed by atoms with Gasteiger partial charge in [0.25, 0.3) is 0 Å². The van der Waals surface area contributed by atoms with Crippen LogP contribution in [0.1, 0.15) is 52.9 Å². The van der Waals surface area contributed by atoms with E-state index in [4.69, 9.17) is 30.5 Å². The number of rotatable bonds is 8. The van der Waals surface area contributed by atoms with Crippen LogP contribution in [0.5, 0.6) is 11.5 Å². The zero-order valence-corrected chi connectivity index (χ0v) is 21.8. The third-order valence-electron chi connectivity index (χ3n) is 6.41. The largest absolute Gasteiger partial charge is 0.493 e. The summed E-state index contributed by atoms with van der Waals surface area (Å²) in [5.74, 6) is -0.00926. The van der Waals surface area contributed by atoms with E-state index in [2.05, 4.69) is 10.3 Å². The van der Waals surface area contributed by atoms with Gasteiger partial charge in [-0.2, -0.15) is 0 Å². The van der Waals surface area contributed by atoms with Gasteiger partial charge in [-0.15, -0.1) is 5.10 Å². The van der Waals surface area contributed by atoms with Crippen LogP contribution in [0.4, 0.5) is 4.39 Å². The van der Waals surface area contributed by atoms with Crippen molar-refractivity contribution in [3.05, 3.63) is 88.2 Å². The van der Waals surface area contributed by atoms with Gasteiger partial charge in [0, 0.05) is 28.9 Å². The summed E-state index contributed by atoms with van der Waals surface area (Å²) >= 11 is 6.34. The van der Waals surface area contributed by atoms with Crippen LogP contribution in [-0.2, 0) is 16.0 Å². The smallest absolute Gasteiger partial charge is 0.358 e. The van der Waals surface area contributed by atoms with Gasteiger partial charge in [0.1, 0.15) is 18.0 Å². The summed E-state index contributed by atoms with van der Waals surface area (Å²) in [6, 6.07) is 12.1. The van der Waals surface area contributed by atoms with E-state index in [-0.39, 0.29) is 17.3 Å². The van der Waals surface area contributed by atoms with Gasteiger partial charge in [-0.3, -0.25) is 0 Å². The molecule has 5 rings (SSSR count). The average Bonchev–Trinajstić information content (AvgIpc) is 3.56. The number of methoxy groups -OCH3 is 2. The molecule has 11 heteroatoms. The predicted molar refractivity (Wildman–Crippen MR) is 137 cm³/mol. The van der Waals surface area contributed by atoms with E-state index in [1.54, 1.807) is 44.0 Å². The van der Waals surface area contributed by atoms with Crippen LogP contribution in [0, 0.1) is 5.82 Å². The summed E-state index contributed by atoms with van der Waals surface area (Å²) in [5.41, 5.74) is 2.49. The van der Waals surface area contributed by atoms with Gasteiger partial charge in [-0.1, -0.05) is 28.9 Å². The van der Waals surface area contributed by atoms with Gasteiger partial charge in [0.15, 0.2) is 17.2 Å². The Labute approximate surface area is 223 Å². The van der Waals surface area contributed by atoms with Crippen molar-refractivity contribution in [2.75, 3.05) is 20.8 Å². The minimum absolute atomic E-state index is 0.236. The van der Waals surface area contributed by atoms with Crippen molar-refractivity contribution in [3.63, 3.8) is 0 Å². The molecule has 0 saturated heterocycles. The van der Waals surface area contributed by atoms with Crippen LogP contribution in [-0.4, -0.2) is 46.4 Å². The average molecular weight is 541 g/mol. The number of carbonyl (C=O) groups excluding carboxylic acids is 1. The summed E-state index contributed by atoms with van der Waals surface area (Å²) < 4.78 is 41.9. The fourth-order valence-corrected chi connectivity index (χ4v) is 5.02. The molecular weight excluding hydrogens is 515 g/mol. The lowest BCUT2D eigenvalue weighted by molar-refractivity contribution is -0.00204. The zero-order valence-electron chi connectivity index (χ0n) is 21.1. The highest BCUT2D eigenvalue weighted by Crippen LogP contribution is 2.47. The van der Waals surface area contributed by atoms with E-state index in [1.165, 1.54) is 16.9 Å². The number of benzene rings is 2. The lowest BCUT2D eigenvalue weighted by atomic mass is 9.98. The van der Waals surface area contributed by atoms with Crippen LogP contribution < -0.4 is 9.47 Å². The van der Waals surface area contributed by atoms with E-state index in [0.29, 0.717) is 41.3 Å². The minimum atomic E-state index is -0.756. The summed E-state index contributed by atoms with van der Waals surface area (Å²) in [7, 11) is 3.09. The van der Waals surface area contributed by atoms with E-state index >= 15 is 4.39 Å². The molecule has 0 radical (unpaired) electrons. The number of aryl methyl sites for hydroxylation is 1. The molecule has 3 heterocycles. The molecule has 2 atom stereocenters. The molecule has 0 bridgehead atoms. The second kappa shape index (κ2) is 10.8. The third-order valence-corrected chi connectivity index (χ3v) is 6.63. The third kappa shape index (κ3) is 4.61. The fourth-order valence-electron chi connectivity index (χ4n) is 4.81. The number of hydrogen-bond donors (Lipinski definition) is 0. The molecule has 1 aliphatic rings. The number of halogens is 2. The number of ether oxygens (including phenoxy) is 4. The van der Waals surface area contributed by atoms with Crippen molar-refractivity contribution in [1.82, 2.24) is 19.6 Å². The van der Waals surface area contributed by atoms with Gasteiger partial charge in [0.2, 0.25) is 0 Å². The number of aromatic nitrogens is 4. The van der Waals surface area contributed by atoms with Crippen molar-refractivity contribution in [3.8, 4) is 17.2 Å². The van der Waals surface area contributed by atoms with Crippen LogP contribution in [0.2, 0.25) is 5.02 Å². The summed E-state index contributed by atoms with van der Waals surface area (Å²) in [5, 5.41) is 8.17. The van der Waals surface area contributed by atoms with E-state index in [1.807, 2.05) is 24.3 Å². The maximum Gasteiger partial charge on any atom is 0.358 e. The summed E-state index contributed by atoms with van der Waals surface area (Å²) in [6.07, 6.45) is 2.26. The first-order chi connectivity index (χ1) is 18.5. The molecule has 0 unspecified atom stereocenters. The van der Waals surface area contributed by atoms with Crippen LogP contribution >= 0.6 is 11.6 Å².